The second-order valence-corrected chi connectivity index (χ2v) is 7.45. The van der Waals surface area contributed by atoms with E-state index in [1.807, 2.05) is 13.8 Å². The number of ether oxygens (including phenoxy) is 1. The minimum Gasteiger partial charge on any atom is -0.466 e. The van der Waals surface area contributed by atoms with Crippen molar-refractivity contribution < 1.29 is 9.53 Å². The molecule has 0 aromatic heterocycles. The van der Waals surface area contributed by atoms with Crippen LogP contribution in [0.4, 0.5) is 0 Å². The summed E-state index contributed by atoms with van der Waals surface area (Å²) in [5.41, 5.74) is 0.293. The summed E-state index contributed by atoms with van der Waals surface area (Å²) in [4.78, 5) is 11.8. The van der Waals surface area contributed by atoms with Gasteiger partial charge in [0.15, 0.2) is 0 Å². The van der Waals surface area contributed by atoms with Crippen LogP contribution in [0.25, 0.3) is 0 Å². The topological polar surface area (TPSA) is 50.1 Å². The Bertz CT molecular complexity index is 292. The molecular formula is C12H21NO2Si. The van der Waals surface area contributed by atoms with Gasteiger partial charge in [0, 0.05) is 9.52 Å². The first kappa shape index (κ1) is 13.2. The van der Waals surface area contributed by atoms with Crippen molar-refractivity contribution in [3.63, 3.8) is 0 Å². The van der Waals surface area contributed by atoms with Gasteiger partial charge < -0.3 is 4.74 Å². The SMILES string of the molecule is CCOC(=O)C(C)(C)C(C#N)C[SiH2]C1CC1. The molecule has 0 aromatic rings. The summed E-state index contributed by atoms with van der Waals surface area (Å²) >= 11 is 0. The fraction of sp³-hybridized carbons (Fsp3) is 0.833. The second kappa shape index (κ2) is 5.49. The van der Waals surface area contributed by atoms with Crippen molar-refractivity contribution in [1.82, 2.24) is 0 Å². The van der Waals surface area contributed by atoms with Gasteiger partial charge in [0.1, 0.15) is 0 Å². The quantitative estimate of drug-likeness (QED) is 0.525. The Morgan fingerprint density at radius 2 is 2.25 bits per heavy atom. The molecule has 1 fully saturated rings. The molecule has 0 saturated heterocycles. The van der Waals surface area contributed by atoms with E-state index in [0.717, 1.165) is 11.6 Å². The molecule has 1 rings (SSSR count). The van der Waals surface area contributed by atoms with E-state index in [2.05, 4.69) is 6.07 Å². The maximum Gasteiger partial charge on any atom is 0.312 e. The highest BCUT2D eigenvalue weighted by Gasteiger charge is 2.39. The molecule has 0 aliphatic heterocycles. The number of hydrogen-bond donors (Lipinski definition) is 0. The van der Waals surface area contributed by atoms with Crippen molar-refractivity contribution in [2.45, 2.75) is 45.2 Å². The van der Waals surface area contributed by atoms with Crippen molar-refractivity contribution in [3.05, 3.63) is 0 Å². The number of nitriles is 1. The minimum absolute atomic E-state index is 0.157. The number of nitrogens with zero attached hydrogens (tertiary/aromatic N) is 1. The van der Waals surface area contributed by atoms with Crippen molar-refractivity contribution in [2.24, 2.45) is 11.3 Å². The molecule has 0 radical (unpaired) electrons. The van der Waals surface area contributed by atoms with Gasteiger partial charge >= 0.3 is 5.97 Å². The van der Waals surface area contributed by atoms with Crippen LogP contribution >= 0.6 is 0 Å². The molecule has 1 unspecified atom stereocenters. The predicted molar refractivity (Wildman–Crippen MR) is 65.9 cm³/mol. The molecule has 1 atom stereocenters. The van der Waals surface area contributed by atoms with Crippen LogP contribution in [-0.2, 0) is 9.53 Å². The molecule has 0 heterocycles. The Morgan fingerprint density at radius 3 is 2.69 bits per heavy atom. The second-order valence-electron chi connectivity index (χ2n) is 5.14. The third-order valence-corrected chi connectivity index (χ3v) is 5.93. The van der Waals surface area contributed by atoms with Gasteiger partial charge in [0.2, 0.25) is 0 Å². The molecule has 1 saturated carbocycles. The van der Waals surface area contributed by atoms with Crippen LogP contribution in [0.5, 0.6) is 0 Å². The van der Waals surface area contributed by atoms with Crippen LogP contribution in [0.1, 0.15) is 33.6 Å². The van der Waals surface area contributed by atoms with Gasteiger partial charge in [-0.1, -0.05) is 18.4 Å². The number of esters is 1. The van der Waals surface area contributed by atoms with Gasteiger partial charge in [-0.2, -0.15) is 5.26 Å². The molecule has 0 spiro atoms. The zero-order valence-electron chi connectivity index (χ0n) is 10.5. The number of hydrogen-bond acceptors (Lipinski definition) is 3. The van der Waals surface area contributed by atoms with Gasteiger partial charge in [0.05, 0.1) is 24.0 Å². The smallest absolute Gasteiger partial charge is 0.312 e. The van der Waals surface area contributed by atoms with E-state index in [0.29, 0.717) is 6.61 Å². The van der Waals surface area contributed by atoms with Crippen molar-refractivity contribution in [3.8, 4) is 6.07 Å². The first-order chi connectivity index (χ1) is 7.52. The minimum atomic E-state index is -0.646. The van der Waals surface area contributed by atoms with E-state index in [-0.39, 0.29) is 21.4 Å². The maximum absolute atomic E-state index is 11.8. The van der Waals surface area contributed by atoms with E-state index in [4.69, 9.17) is 4.74 Å². The molecule has 0 bridgehead atoms. The molecule has 0 aromatic carbocycles. The Labute approximate surface area is 100.0 Å². The highest BCUT2D eigenvalue weighted by Crippen LogP contribution is 2.39. The average Bonchev–Trinajstić information content (AvgIpc) is 3.02. The van der Waals surface area contributed by atoms with E-state index in [1.165, 1.54) is 12.8 Å². The zero-order valence-corrected chi connectivity index (χ0v) is 11.9. The van der Waals surface area contributed by atoms with Gasteiger partial charge in [-0.3, -0.25) is 4.79 Å². The summed E-state index contributed by atoms with van der Waals surface area (Å²) in [5.74, 6) is -0.398. The van der Waals surface area contributed by atoms with E-state index in [1.54, 1.807) is 6.92 Å². The predicted octanol–water partition coefficient (Wildman–Crippen LogP) is 1.88. The molecule has 4 heteroatoms. The summed E-state index contributed by atoms with van der Waals surface area (Å²) in [7, 11) is -0.157. The normalized spacial score (nSPS) is 18.4. The number of carbonyl (C=O) groups excluding carboxylic acids is 1. The summed E-state index contributed by atoms with van der Waals surface area (Å²) in [6.45, 7) is 5.86. The standard InChI is InChI=1S/C12H21NO2Si/c1-4-15-11(14)12(2,3)9(7-13)8-16-10-5-6-10/h9-10H,4-6,8,16H2,1-3H3. The lowest BCUT2D eigenvalue weighted by atomic mass is 9.81. The van der Waals surface area contributed by atoms with Gasteiger partial charge in [-0.05, 0) is 26.8 Å². The summed E-state index contributed by atoms with van der Waals surface area (Å²) in [6.07, 6.45) is 2.70. The van der Waals surface area contributed by atoms with Crippen LogP contribution in [-0.4, -0.2) is 22.1 Å². The fourth-order valence-electron chi connectivity index (χ4n) is 1.86. The Balaban J connectivity index is 2.53. The monoisotopic (exact) mass is 239 g/mol. The van der Waals surface area contributed by atoms with Crippen LogP contribution in [0.15, 0.2) is 0 Å². The number of rotatable bonds is 6. The van der Waals surface area contributed by atoms with E-state index in [9.17, 15) is 10.1 Å². The highest BCUT2D eigenvalue weighted by molar-refractivity contribution is 6.39. The maximum atomic E-state index is 11.8. The average molecular weight is 239 g/mol. The number of carbonyl (C=O) groups is 1. The molecule has 90 valence electrons. The lowest BCUT2D eigenvalue weighted by molar-refractivity contribution is -0.155. The fourth-order valence-corrected chi connectivity index (χ4v) is 4.32. The summed E-state index contributed by atoms with van der Waals surface area (Å²) < 4.78 is 5.04. The molecule has 16 heavy (non-hydrogen) atoms. The first-order valence-corrected chi connectivity index (χ1v) is 7.90. The van der Waals surface area contributed by atoms with Crippen LogP contribution < -0.4 is 0 Å². The zero-order chi connectivity index (χ0) is 12.2. The first-order valence-electron chi connectivity index (χ1n) is 6.09. The molecule has 3 nitrogen and oxygen atoms in total. The van der Waals surface area contributed by atoms with Gasteiger partial charge in [0.25, 0.3) is 0 Å². The van der Waals surface area contributed by atoms with Gasteiger partial charge in [-0.25, -0.2) is 0 Å². The largest absolute Gasteiger partial charge is 0.466 e. The molecule has 0 amide bonds. The van der Waals surface area contributed by atoms with Crippen LogP contribution in [0, 0.1) is 22.7 Å². The van der Waals surface area contributed by atoms with Crippen LogP contribution in [0.2, 0.25) is 11.6 Å². The lowest BCUT2D eigenvalue weighted by Crippen LogP contribution is -2.34. The summed E-state index contributed by atoms with van der Waals surface area (Å²) in [6, 6.07) is 3.25. The lowest BCUT2D eigenvalue weighted by Gasteiger charge is -2.27. The van der Waals surface area contributed by atoms with E-state index >= 15 is 0 Å². The van der Waals surface area contributed by atoms with Crippen LogP contribution in [0.3, 0.4) is 0 Å². The van der Waals surface area contributed by atoms with Crippen molar-refractivity contribution in [1.29, 1.82) is 5.26 Å². The van der Waals surface area contributed by atoms with Gasteiger partial charge in [-0.15, -0.1) is 0 Å². The third kappa shape index (κ3) is 3.34. The Morgan fingerprint density at radius 1 is 1.62 bits per heavy atom. The Hall–Kier alpha value is -0.823. The molecule has 1 aliphatic carbocycles. The summed E-state index contributed by atoms with van der Waals surface area (Å²) in [5, 5.41) is 9.18. The van der Waals surface area contributed by atoms with E-state index < -0.39 is 5.41 Å². The van der Waals surface area contributed by atoms with Crippen molar-refractivity contribution >= 4 is 15.5 Å². The highest BCUT2D eigenvalue weighted by atomic mass is 28.2. The van der Waals surface area contributed by atoms with Crippen molar-refractivity contribution in [2.75, 3.05) is 6.61 Å². The Kier molecular flexibility index (Phi) is 4.54. The molecule has 1 aliphatic rings. The molecule has 0 N–H and O–H groups in total. The third-order valence-electron chi connectivity index (χ3n) is 3.39. The molecular weight excluding hydrogens is 218 g/mol.